The topological polar surface area (TPSA) is 6.48 Å². The third-order valence-electron chi connectivity index (χ3n) is 4.58. The van der Waals surface area contributed by atoms with Crippen LogP contribution in [0.25, 0.3) is 0 Å². The first-order valence-electron chi connectivity index (χ1n) is 7.39. The Balaban J connectivity index is 1.61. The van der Waals surface area contributed by atoms with Gasteiger partial charge < -0.3 is 9.80 Å². The van der Waals surface area contributed by atoms with Gasteiger partial charge in [0.25, 0.3) is 0 Å². The first-order chi connectivity index (χ1) is 8.84. The summed E-state index contributed by atoms with van der Waals surface area (Å²) in [5.74, 6) is 0. The summed E-state index contributed by atoms with van der Waals surface area (Å²) in [4.78, 5) is 5.29. The first-order valence-corrected chi connectivity index (χ1v) is 7.39. The van der Waals surface area contributed by atoms with Crippen LogP contribution in [0.4, 0.5) is 5.69 Å². The summed E-state index contributed by atoms with van der Waals surface area (Å²) in [6.07, 6.45) is 5.51. The second-order valence-corrected chi connectivity index (χ2v) is 5.75. The van der Waals surface area contributed by atoms with Gasteiger partial charge in [0.2, 0.25) is 0 Å². The lowest BCUT2D eigenvalue weighted by molar-refractivity contribution is 0.208. The van der Waals surface area contributed by atoms with E-state index in [1.54, 1.807) is 0 Å². The molecule has 2 saturated heterocycles. The molecule has 2 fully saturated rings. The number of benzene rings is 1. The van der Waals surface area contributed by atoms with Gasteiger partial charge in [0.05, 0.1) is 0 Å². The molecule has 2 heterocycles. The quantitative estimate of drug-likeness (QED) is 0.789. The molecule has 2 nitrogen and oxygen atoms in total. The first kappa shape index (κ1) is 12.0. The summed E-state index contributed by atoms with van der Waals surface area (Å²) in [7, 11) is 0. The summed E-state index contributed by atoms with van der Waals surface area (Å²) >= 11 is 0. The molecule has 0 saturated carbocycles. The fourth-order valence-corrected chi connectivity index (χ4v) is 3.50. The van der Waals surface area contributed by atoms with Crippen molar-refractivity contribution in [3.63, 3.8) is 0 Å². The van der Waals surface area contributed by atoms with E-state index in [1.807, 2.05) is 0 Å². The molecular weight excluding hydrogens is 220 g/mol. The highest BCUT2D eigenvalue weighted by molar-refractivity contribution is 5.53. The Kier molecular flexibility index (Phi) is 3.55. The van der Waals surface area contributed by atoms with Crippen LogP contribution in [0, 0.1) is 6.92 Å². The largest absolute Gasteiger partial charge is 0.371 e. The van der Waals surface area contributed by atoms with Crippen molar-refractivity contribution in [2.24, 2.45) is 0 Å². The van der Waals surface area contributed by atoms with Gasteiger partial charge >= 0.3 is 0 Å². The molecule has 0 N–H and O–H groups in total. The highest BCUT2D eigenvalue weighted by Gasteiger charge is 2.26. The molecule has 98 valence electrons. The Labute approximate surface area is 111 Å². The molecule has 0 unspecified atom stereocenters. The van der Waals surface area contributed by atoms with Gasteiger partial charge in [0.1, 0.15) is 0 Å². The van der Waals surface area contributed by atoms with E-state index in [-0.39, 0.29) is 0 Å². The Morgan fingerprint density at radius 1 is 0.944 bits per heavy atom. The molecule has 2 heteroatoms. The van der Waals surface area contributed by atoms with Crippen LogP contribution >= 0.6 is 0 Å². The maximum absolute atomic E-state index is 2.72. The standard InChI is InChI=1S/C16H24N2/c1-14-6-2-3-7-16(14)18-12-8-15(9-13-18)17-10-4-5-11-17/h2-3,6-7,15H,4-5,8-13H2,1H3. The van der Waals surface area contributed by atoms with Gasteiger partial charge in [-0.3, -0.25) is 0 Å². The number of rotatable bonds is 2. The fourth-order valence-electron chi connectivity index (χ4n) is 3.50. The average Bonchev–Trinajstić information content (AvgIpc) is 2.94. The summed E-state index contributed by atoms with van der Waals surface area (Å²) < 4.78 is 0. The number of para-hydroxylation sites is 1. The van der Waals surface area contributed by atoms with E-state index in [2.05, 4.69) is 41.0 Å². The minimum absolute atomic E-state index is 0.854. The van der Waals surface area contributed by atoms with Gasteiger partial charge in [-0.25, -0.2) is 0 Å². The number of hydrogen-bond acceptors (Lipinski definition) is 2. The Hall–Kier alpha value is -1.02. The normalized spacial score (nSPS) is 22.6. The predicted octanol–water partition coefficient (Wildman–Crippen LogP) is 3.06. The Bertz CT molecular complexity index is 388. The Morgan fingerprint density at radius 3 is 2.28 bits per heavy atom. The average molecular weight is 244 g/mol. The monoisotopic (exact) mass is 244 g/mol. The molecule has 0 radical (unpaired) electrons. The van der Waals surface area contributed by atoms with Gasteiger partial charge in [-0.2, -0.15) is 0 Å². The SMILES string of the molecule is Cc1ccccc1N1CCC(N2CCCC2)CC1. The number of likely N-dealkylation sites (tertiary alicyclic amines) is 1. The molecule has 1 aromatic rings. The van der Waals surface area contributed by atoms with Gasteiger partial charge in [0.15, 0.2) is 0 Å². The third kappa shape index (κ3) is 2.39. The van der Waals surface area contributed by atoms with Crippen molar-refractivity contribution in [1.82, 2.24) is 4.90 Å². The van der Waals surface area contributed by atoms with E-state index in [0.29, 0.717) is 0 Å². The zero-order chi connectivity index (χ0) is 12.4. The van der Waals surface area contributed by atoms with Crippen molar-refractivity contribution in [2.75, 3.05) is 31.1 Å². The molecular formula is C16H24N2. The van der Waals surface area contributed by atoms with Gasteiger partial charge in [-0.1, -0.05) is 18.2 Å². The highest BCUT2D eigenvalue weighted by atomic mass is 15.2. The fraction of sp³-hybridized carbons (Fsp3) is 0.625. The van der Waals surface area contributed by atoms with Gasteiger partial charge in [0, 0.05) is 24.8 Å². The van der Waals surface area contributed by atoms with Crippen molar-refractivity contribution in [3.05, 3.63) is 29.8 Å². The van der Waals surface area contributed by atoms with E-state index in [9.17, 15) is 0 Å². The van der Waals surface area contributed by atoms with Crippen LogP contribution in [0.2, 0.25) is 0 Å². The lowest BCUT2D eigenvalue weighted by Gasteiger charge is -2.38. The molecule has 0 aliphatic carbocycles. The van der Waals surface area contributed by atoms with Crippen molar-refractivity contribution in [2.45, 2.75) is 38.6 Å². The number of hydrogen-bond donors (Lipinski definition) is 0. The van der Waals surface area contributed by atoms with E-state index in [4.69, 9.17) is 0 Å². The summed E-state index contributed by atoms with van der Waals surface area (Å²) in [5, 5.41) is 0. The molecule has 0 atom stereocenters. The van der Waals surface area contributed by atoms with Gasteiger partial charge in [-0.15, -0.1) is 0 Å². The van der Waals surface area contributed by atoms with Crippen LogP contribution in [0.3, 0.4) is 0 Å². The van der Waals surface area contributed by atoms with Crippen LogP contribution in [-0.2, 0) is 0 Å². The third-order valence-corrected chi connectivity index (χ3v) is 4.58. The highest BCUT2D eigenvalue weighted by Crippen LogP contribution is 2.26. The van der Waals surface area contributed by atoms with Crippen LogP contribution in [0.5, 0.6) is 0 Å². The van der Waals surface area contributed by atoms with E-state index in [0.717, 1.165) is 6.04 Å². The van der Waals surface area contributed by atoms with E-state index < -0.39 is 0 Å². The lowest BCUT2D eigenvalue weighted by atomic mass is 10.0. The zero-order valence-electron chi connectivity index (χ0n) is 11.4. The Morgan fingerprint density at radius 2 is 1.61 bits per heavy atom. The molecule has 0 spiro atoms. The molecule has 2 aliphatic heterocycles. The number of piperidine rings is 1. The van der Waals surface area contributed by atoms with Crippen molar-refractivity contribution >= 4 is 5.69 Å². The molecule has 3 rings (SSSR count). The maximum atomic E-state index is 2.72. The summed E-state index contributed by atoms with van der Waals surface area (Å²) in [6, 6.07) is 9.64. The van der Waals surface area contributed by atoms with Crippen LogP contribution in [-0.4, -0.2) is 37.1 Å². The molecule has 2 aliphatic rings. The predicted molar refractivity (Wildman–Crippen MR) is 77.2 cm³/mol. The van der Waals surface area contributed by atoms with E-state index >= 15 is 0 Å². The smallest absolute Gasteiger partial charge is 0.0395 e. The number of nitrogens with zero attached hydrogens (tertiary/aromatic N) is 2. The molecule has 0 amide bonds. The number of aryl methyl sites for hydroxylation is 1. The summed E-state index contributed by atoms with van der Waals surface area (Å²) in [5.41, 5.74) is 2.86. The molecule has 1 aromatic carbocycles. The number of anilines is 1. The van der Waals surface area contributed by atoms with Crippen LogP contribution in [0.1, 0.15) is 31.2 Å². The molecule has 0 bridgehead atoms. The van der Waals surface area contributed by atoms with E-state index in [1.165, 1.54) is 63.1 Å². The maximum Gasteiger partial charge on any atom is 0.0395 e. The summed E-state index contributed by atoms with van der Waals surface area (Å²) in [6.45, 7) is 7.37. The van der Waals surface area contributed by atoms with Crippen molar-refractivity contribution in [3.8, 4) is 0 Å². The zero-order valence-corrected chi connectivity index (χ0v) is 11.4. The molecule has 0 aromatic heterocycles. The van der Waals surface area contributed by atoms with Crippen LogP contribution in [0.15, 0.2) is 24.3 Å². The van der Waals surface area contributed by atoms with Crippen LogP contribution < -0.4 is 4.90 Å². The van der Waals surface area contributed by atoms with Crippen molar-refractivity contribution in [1.29, 1.82) is 0 Å². The van der Waals surface area contributed by atoms with Gasteiger partial charge in [-0.05, 0) is 57.3 Å². The minimum atomic E-state index is 0.854. The second kappa shape index (κ2) is 5.31. The lowest BCUT2D eigenvalue weighted by Crippen LogP contribution is -2.44. The minimum Gasteiger partial charge on any atom is -0.371 e. The van der Waals surface area contributed by atoms with Crippen molar-refractivity contribution < 1.29 is 0 Å². The second-order valence-electron chi connectivity index (χ2n) is 5.75. The molecule has 18 heavy (non-hydrogen) atoms.